The predicted octanol–water partition coefficient (Wildman–Crippen LogP) is 9.87. The van der Waals surface area contributed by atoms with Gasteiger partial charge in [-0.25, -0.2) is 13.2 Å². The molecule has 5 heteroatoms. The van der Waals surface area contributed by atoms with Crippen molar-refractivity contribution in [3.63, 3.8) is 0 Å². The monoisotopic (exact) mass is 554 g/mol. The van der Waals surface area contributed by atoms with Crippen LogP contribution in [0.2, 0.25) is 0 Å². The summed E-state index contributed by atoms with van der Waals surface area (Å²) >= 11 is 0. The van der Waals surface area contributed by atoms with E-state index in [9.17, 15) is 9.50 Å². The Morgan fingerprint density at radius 3 is 2.27 bits per heavy atom. The smallest absolute Gasteiger partial charge is 0.166 e. The molecule has 2 aromatic carbocycles. The summed E-state index contributed by atoms with van der Waals surface area (Å²) in [6, 6.07) is 8.62. The van der Waals surface area contributed by atoms with Gasteiger partial charge in [0.15, 0.2) is 11.6 Å². The average Bonchev–Trinajstić information content (AvgIpc) is 2.97. The average molecular weight is 555 g/mol. The molecule has 2 aromatic rings. The lowest BCUT2D eigenvalue weighted by molar-refractivity contribution is 0.0727. The highest BCUT2D eigenvalue weighted by Crippen LogP contribution is 2.41. The summed E-state index contributed by atoms with van der Waals surface area (Å²) in [5, 5.41) is 10.3. The second kappa shape index (κ2) is 14.9. The summed E-state index contributed by atoms with van der Waals surface area (Å²) < 4.78 is 50.6. The highest BCUT2D eigenvalue weighted by Gasteiger charge is 2.29. The van der Waals surface area contributed by atoms with Crippen molar-refractivity contribution in [2.45, 2.75) is 102 Å². The van der Waals surface area contributed by atoms with Crippen LogP contribution in [0.5, 0.6) is 5.75 Å². The van der Waals surface area contributed by atoms with Crippen LogP contribution in [0.4, 0.5) is 13.2 Å². The quantitative estimate of drug-likeness (QED) is 0.209. The lowest BCUT2D eigenvalue weighted by Gasteiger charge is -2.32. The molecular formula is C35H45F3O2. The van der Waals surface area contributed by atoms with E-state index in [0.29, 0.717) is 17.9 Å². The Hall–Kier alpha value is -2.53. The van der Waals surface area contributed by atoms with Crippen LogP contribution in [0.3, 0.4) is 0 Å². The maximum absolute atomic E-state index is 15.1. The number of halogens is 3. The van der Waals surface area contributed by atoms with Crippen LogP contribution >= 0.6 is 0 Å². The van der Waals surface area contributed by atoms with E-state index < -0.39 is 11.6 Å². The van der Waals surface area contributed by atoms with Crippen LogP contribution in [0.25, 0.3) is 6.08 Å². The Balaban J connectivity index is 1.29. The molecule has 0 spiro atoms. The van der Waals surface area contributed by atoms with Crippen molar-refractivity contribution >= 4 is 6.08 Å². The zero-order valence-electron chi connectivity index (χ0n) is 23.9. The molecule has 0 aromatic heterocycles. The fourth-order valence-electron chi connectivity index (χ4n) is 6.58. The van der Waals surface area contributed by atoms with Gasteiger partial charge in [-0.15, -0.1) is 6.58 Å². The van der Waals surface area contributed by atoms with E-state index in [1.54, 1.807) is 18.2 Å². The topological polar surface area (TPSA) is 29.5 Å². The molecule has 1 atom stereocenters. The van der Waals surface area contributed by atoms with Crippen molar-refractivity contribution in [1.29, 1.82) is 0 Å². The Kier molecular flexibility index (Phi) is 11.3. The lowest BCUT2D eigenvalue weighted by atomic mass is 9.75. The molecule has 0 radical (unpaired) electrons. The Morgan fingerprint density at radius 1 is 0.925 bits per heavy atom. The molecule has 2 aliphatic rings. The summed E-state index contributed by atoms with van der Waals surface area (Å²) in [6.45, 7) is 6.30. The molecule has 0 amide bonds. The molecule has 0 aliphatic heterocycles. The van der Waals surface area contributed by atoms with Crippen molar-refractivity contribution in [1.82, 2.24) is 0 Å². The molecular weight excluding hydrogens is 509 g/mol. The summed E-state index contributed by atoms with van der Waals surface area (Å²) in [7, 11) is 0. The fraction of sp³-hybridized carbons (Fsp3) is 0.543. The molecule has 4 rings (SSSR count). The third-order valence-corrected chi connectivity index (χ3v) is 9.04. The van der Waals surface area contributed by atoms with Crippen molar-refractivity contribution < 1.29 is 23.0 Å². The molecule has 2 aliphatic carbocycles. The van der Waals surface area contributed by atoms with Gasteiger partial charge in [0.25, 0.3) is 0 Å². The third kappa shape index (κ3) is 7.81. The van der Waals surface area contributed by atoms with Crippen molar-refractivity contribution in [3.05, 3.63) is 83.2 Å². The van der Waals surface area contributed by atoms with Crippen molar-refractivity contribution in [2.24, 2.45) is 11.8 Å². The fourth-order valence-corrected chi connectivity index (χ4v) is 6.58. The summed E-state index contributed by atoms with van der Waals surface area (Å²) in [4.78, 5) is 0. The van der Waals surface area contributed by atoms with Crippen LogP contribution < -0.4 is 4.74 Å². The second-order valence-electron chi connectivity index (χ2n) is 11.8. The van der Waals surface area contributed by atoms with Gasteiger partial charge in [0.1, 0.15) is 11.6 Å². The largest absolute Gasteiger partial charge is 0.493 e. The molecule has 40 heavy (non-hydrogen) atoms. The molecule has 1 unspecified atom stereocenters. The zero-order chi connectivity index (χ0) is 28.5. The van der Waals surface area contributed by atoms with E-state index in [-0.39, 0.29) is 41.2 Å². The summed E-state index contributed by atoms with van der Waals surface area (Å²) in [5.41, 5.74) is 1.48. The van der Waals surface area contributed by atoms with Gasteiger partial charge >= 0.3 is 0 Å². The van der Waals surface area contributed by atoms with Crippen molar-refractivity contribution in [3.8, 4) is 5.75 Å². The number of aliphatic hydroxyl groups is 1. The first kappa shape index (κ1) is 30.4. The molecule has 2 fully saturated rings. The van der Waals surface area contributed by atoms with Crippen LogP contribution in [0, 0.1) is 29.3 Å². The maximum Gasteiger partial charge on any atom is 0.166 e. The molecule has 0 heterocycles. The van der Waals surface area contributed by atoms with Gasteiger partial charge in [-0.1, -0.05) is 49.8 Å². The number of unbranched alkanes of at least 4 members (excludes halogenated alkanes) is 1. The number of aliphatic hydroxyl groups excluding tert-OH is 1. The first-order valence-electron chi connectivity index (χ1n) is 15.3. The zero-order valence-corrected chi connectivity index (χ0v) is 23.9. The minimum atomic E-state index is -0.774. The van der Waals surface area contributed by atoms with Gasteiger partial charge in [0, 0.05) is 11.6 Å². The summed E-state index contributed by atoms with van der Waals surface area (Å²) in [5.74, 6) is -0.472. The Morgan fingerprint density at radius 2 is 1.60 bits per heavy atom. The minimum Gasteiger partial charge on any atom is -0.493 e. The number of hydrogen-bond donors (Lipinski definition) is 1. The van der Waals surface area contributed by atoms with Gasteiger partial charge in [0.05, 0.1) is 12.7 Å². The third-order valence-electron chi connectivity index (χ3n) is 9.04. The number of rotatable bonds is 12. The van der Waals surface area contributed by atoms with Gasteiger partial charge in [-0.3, -0.25) is 0 Å². The highest BCUT2D eigenvalue weighted by molar-refractivity contribution is 5.52. The standard InChI is InChI=1S/C35H45F3O2/c1-3-5-6-22-40-29-19-21-30(32(36)23-29)25-11-8-24(9-12-25)10-13-28-18-20-31(35(38)34(28)37)26-14-16-27(17-15-26)33(39)7-4-2/h3,10,13,18-21,23-27,33,39H,1,4-9,11-12,14-17,22H2,2H3/b13-10+. The number of benzene rings is 2. The SMILES string of the molecule is C=CCCCOc1ccc(C2CCC(/C=C/c3ccc(C4CCC(C(O)CCC)CC4)c(F)c3F)CC2)c(F)c1. The number of allylic oxidation sites excluding steroid dienone is 2. The normalized spacial score (nSPS) is 24.2. The van der Waals surface area contributed by atoms with Crippen LogP contribution in [0.1, 0.15) is 112 Å². The molecule has 2 nitrogen and oxygen atoms in total. The number of hydrogen-bond acceptors (Lipinski definition) is 2. The van der Waals surface area contributed by atoms with Gasteiger partial charge < -0.3 is 9.84 Å². The van der Waals surface area contributed by atoms with Gasteiger partial charge in [-0.2, -0.15) is 0 Å². The Bertz CT molecular complexity index is 1130. The minimum absolute atomic E-state index is 0.00571. The van der Waals surface area contributed by atoms with E-state index in [1.807, 2.05) is 24.3 Å². The van der Waals surface area contributed by atoms with Crippen LogP contribution in [-0.4, -0.2) is 17.8 Å². The van der Waals surface area contributed by atoms with E-state index in [2.05, 4.69) is 13.5 Å². The van der Waals surface area contributed by atoms with E-state index in [4.69, 9.17) is 4.74 Å². The van der Waals surface area contributed by atoms with E-state index in [0.717, 1.165) is 82.6 Å². The Labute approximate surface area is 238 Å². The lowest BCUT2D eigenvalue weighted by Crippen LogP contribution is -2.25. The first-order valence-corrected chi connectivity index (χ1v) is 15.3. The number of ether oxygens (including phenoxy) is 1. The molecule has 218 valence electrons. The van der Waals surface area contributed by atoms with Crippen LogP contribution in [0.15, 0.2) is 49.1 Å². The molecule has 2 saturated carbocycles. The van der Waals surface area contributed by atoms with E-state index in [1.165, 1.54) is 6.07 Å². The predicted molar refractivity (Wildman–Crippen MR) is 157 cm³/mol. The molecule has 1 N–H and O–H groups in total. The summed E-state index contributed by atoms with van der Waals surface area (Å²) in [6.07, 6.45) is 15.5. The first-order chi connectivity index (χ1) is 19.4. The van der Waals surface area contributed by atoms with Gasteiger partial charge in [-0.05, 0) is 111 Å². The highest BCUT2D eigenvalue weighted by atomic mass is 19.2. The van der Waals surface area contributed by atoms with E-state index >= 15 is 8.78 Å². The maximum atomic E-state index is 15.1. The van der Waals surface area contributed by atoms with Crippen molar-refractivity contribution in [2.75, 3.05) is 6.61 Å². The second-order valence-corrected chi connectivity index (χ2v) is 11.8. The molecule has 0 bridgehead atoms. The molecule has 0 saturated heterocycles. The van der Waals surface area contributed by atoms with Gasteiger partial charge in [0.2, 0.25) is 0 Å². The van der Waals surface area contributed by atoms with Crippen LogP contribution in [-0.2, 0) is 0 Å².